The average Bonchev–Trinajstić information content (AvgIpc) is 3.34. The first-order chi connectivity index (χ1) is 13.6. The molecule has 1 amide bonds. The molecule has 4 aromatic rings. The van der Waals surface area contributed by atoms with Crippen molar-refractivity contribution < 1.29 is 14.3 Å². The summed E-state index contributed by atoms with van der Waals surface area (Å²) in [5.41, 5.74) is 2.60. The Labute approximate surface area is 164 Å². The molecular weight excluding hydrogens is 380 g/mol. The summed E-state index contributed by atoms with van der Waals surface area (Å²) in [5.74, 6) is 0.870. The minimum absolute atomic E-state index is 0.346. The van der Waals surface area contributed by atoms with Gasteiger partial charge in [0.15, 0.2) is 17.1 Å². The van der Waals surface area contributed by atoms with Crippen LogP contribution in [-0.2, 0) is 0 Å². The zero-order chi connectivity index (χ0) is 19.7. The number of fused-ring (bicyclic) bond motifs is 1. The highest BCUT2D eigenvalue weighted by molar-refractivity contribution is 7.18. The molecule has 3 heterocycles. The van der Waals surface area contributed by atoms with E-state index in [1.54, 1.807) is 37.2 Å². The standard InChI is InChI=1S/C18H16N6O3S/c1-10-7-19-15-12(8-20-24(15)9-10)16(25)21-18-23-22-17(28-18)11-4-5-13(26-2)14(6-11)27-3/h4-9H,1-3H3,(H,21,23,25). The highest BCUT2D eigenvalue weighted by atomic mass is 32.1. The topological polar surface area (TPSA) is 104 Å². The fourth-order valence-corrected chi connectivity index (χ4v) is 3.39. The Morgan fingerprint density at radius 2 is 1.96 bits per heavy atom. The number of hydrogen-bond acceptors (Lipinski definition) is 8. The molecule has 0 saturated heterocycles. The lowest BCUT2D eigenvalue weighted by molar-refractivity contribution is 0.102. The minimum Gasteiger partial charge on any atom is -0.493 e. The summed E-state index contributed by atoms with van der Waals surface area (Å²) >= 11 is 1.25. The molecule has 0 saturated carbocycles. The highest BCUT2D eigenvalue weighted by Crippen LogP contribution is 2.34. The largest absolute Gasteiger partial charge is 0.493 e. The maximum Gasteiger partial charge on any atom is 0.262 e. The Kier molecular flexibility index (Phi) is 4.62. The van der Waals surface area contributed by atoms with Crippen LogP contribution in [0.2, 0.25) is 0 Å². The predicted octanol–water partition coefficient (Wildman–Crippen LogP) is 2.83. The molecule has 0 fully saturated rings. The number of rotatable bonds is 5. The van der Waals surface area contributed by atoms with E-state index in [9.17, 15) is 4.79 Å². The summed E-state index contributed by atoms with van der Waals surface area (Å²) in [6, 6.07) is 5.45. The molecule has 0 spiro atoms. The predicted molar refractivity (Wildman–Crippen MR) is 104 cm³/mol. The number of amides is 1. The van der Waals surface area contributed by atoms with Crippen LogP contribution in [0.3, 0.4) is 0 Å². The fourth-order valence-electron chi connectivity index (χ4n) is 2.65. The number of carbonyl (C=O) groups excluding carboxylic acids is 1. The molecule has 28 heavy (non-hydrogen) atoms. The van der Waals surface area contributed by atoms with Crippen LogP contribution in [-0.4, -0.2) is 44.9 Å². The first kappa shape index (κ1) is 17.9. The van der Waals surface area contributed by atoms with Crippen LogP contribution >= 0.6 is 11.3 Å². The summed E-state index contributed by atoms with van der Waals surface area (Å²) in [5, 5.41) is 16.1. The Morgan fingerprint density at radius 3 is 2.75 bits per heavy atom. The second-order valence-electron chi connectivity index (χ2n) is 5.89. The van der Waals surface area contributed by atoms with E-state index in [-0.39, 0.29) is 5.91 Å². The zero-order valence-corrected chi connectivity index (χ0v) is 16.1. The number of benzene rings is 1. The van der Waals surface area contributed by atoms with Crippen molar-refractivity contribution in [3.05, 3.63) is 47.9 Å². The first-order valence-corrected chi connectivity index (χ1v) is 9.08. The maximum absolute atomic E-state index is 12.6. The molecule has 0 aliphatic rings. The van der Waals surface area contributed by atoms with Crippen molar-refractivity contribution in [1.82, 2.24) is 24.8 Å². The van der Waals surface area contributed by atoms with E-state index < -0.39 is 0 Å². The lowest BCUT2D eigenvalue weighted by Gasteiger charge is -2.07. The third-order valence-corrected chi connectivity index (χ3v) is 4.89. The number of aromatic nitrogens is 5. The second-order valence-corrected chi connectivity index (χ2v) is 6.87. The smallest absolute Gasteiger partial charge is 0.262 e. The van der Waals surface area contributed by atoms with Crippen molar-refractivity contribution in [2.24, 2.45) is 0 Å². The van der Waals surface area contributed by atoms with Gasteiger partial charge in [0.05, 0.1) is 20.4 Å². The van der Waals surface area contributed by atoms with E-state index in [1.807, 2.05) is 19.1 Å². The second kappa shape index (κ2) is 7.24. The Balaban J connectivity index is 1.57. The molecule has 4 rings (SSSR count). The van der Waals surface area contributed by atoms with E-state index in [0.29, 0.717) is 32.8 Å². The van der Waals surface area contributed by atoms with Gasteiger partial charge in [-0.25, -0.2) is 9.50 Å². The Bertz CT molecular complexity index is 1170. The fraction of sp³-hybridized carbons (Fsp3) is 0.167. The molecule has 1 N–H and O–H groups in total. The van der Waals surface area contributed by atoms with Gasteiger partial charge in [-0.3, -0.25) is 10.1 Å². The van der Waals surface area contributed by atoms with Gasteiger partial charge in [-0.2, -0.15) is 5.10 Å². The molecule has 0 aliphatic carbocycles. The monoisotopic (exact) mass is 396 g/mol. The van der Waals surface area contributed by atoms with E-state index in [4.69, 9.17) is 9.47 Å². The highest BCUT2D eigenvalue weighted by Gasteiger charge is 2.17. The first-order valence-electron chi connectivity index (χ1n) is 8.26. The van der Waals surface area contributed by atoms with Crippen molar-refractivity contribution in [2.45, 2.75) is 6.92 Å². The van der Waals surface area contributed by atoms with Crippen molar-refractivity contribution in [3.8, 4) is 22.1 Å². The molecule has 0 bridgehead atoms. The van der Waals surface area contributed by atoms with Gasteiger partial charge < -0.3 is 9.47 Å². The number of anilines is 1. The van der Waals surface area contributed by atoms with Crippen LogP contribution in [0.25, 0.3) is 16.2 Å². The normalized spacial score (nSPS) is 10.8. The SMILES string of the molecule is COc1ccc(-c2nnc(NC(=O)c3cnn4cc(C)cnc34)s2)cc1OC. The molecule has 10 heteroatoms. The number of nitrogens with zero attached hydrogens (tertiary/aromatic N) is 5. The van der Waals surface area contributed by atoms with Crippen LogP contribution < -0.4 is 14.8 Å². The third-order valence-electron chi connectivity index (χ3n) is 4.01. The lowest BCUT2D eigenvalue weighted by atomic mass is 10.2. The molecule has 0 aliphatic heterocycles. The van der Waals surface area contributed by atoms with Gasteiger partial charge in [0.25, 0.3) is 5.91 Å². The van der Waals surface area contributed by atoms with Crippen molar-refractivity contribution in [1.29, 1.82) is 0 Å². The van der Waals surface area contributed by atoms with Gasteiger partial charge in [0, 0.05) is 18.0 Å². The van der Waals surface area contributed by atoms with Crippen molar-refractivity contribution >= 4 is 28.0 Å². The molecule has 9 nitrogen and oxygen atoms in total. The lowest BCUT2D eigenvalue weighted by Crippen LogP contribution is -2.11. The summed E-state index contributed by atoms with van der Waals surface area (Å²) in [6.07, 6.45) is 4.97. The minimum atomic E-state index is -0.346. The zero-order valence-electron chi connectivity index (χ0n) is 15.3. The molecule has 0 atom stereocenters. The van der Waals surface area contributed by atoms with Gasteiger partial charge in [-0.15, -0.1) is 10.2 Å². The maximum atomic E-state index is 12.6. The summed E-state index contributed by atoms with van der Waals surface area (Å²) in [6.45, 7) is 1.91. The van der Waals surface area contributed by atoms with E-state index >= 15 is 0 Å². The average molecular weight is 396 g/mol. The van der Waals surface area contributed by atoms with Crippen LogP contribution in [0.15, 0.2) is 36.8 Å². The third kappa shape index (κ3) is 3.25. The van der Waals surface area contributed by atoms with E-state index in [2.05, 4.69) is 25.6 Å². The number of nitrogens with one attached hydrogen (secondary N) is 1. The quantitative estimate of drug-likeness (QED) is 0.553. The molecule has 1 aromatic carbocycles. The number of carbonyl (C=O) groups is 1. The number of ether oxygens (including phenoxy) is 2. The molecule has 0 radical (unpaired) electrons. The van der Waals surface area contributed by atoms with E-state index in [0.717, 1.165) is 11.1 Å². The summed E-state index contributed by atoms with van der Waals surface area (Å²) in [4.78, 5) is 16.9. The van der Waals surface area contributed by atoms with Crippen molar-refractivity contribution in [3.63, 3.8) is 0 Å². The van der Waals surface area contributed by atoms with Gasteiger partial charge in [-0.05, 0) is 30.7 Å². The van der Waals surface area contributed by atoms with Crippen LogP contribution in [0.1, 0.15) is 15.9 Å². The van der Waals surface area contributed by atoms with Gasteiger partial charge in [0.2, 0.25) is 5.13 Å². The number of aryl methyl sites for hydroxylation is 1. The summed E-state index contributed by atoms with van der Waals surface area (Å²) in [7, 11) is 3.14. The summed E-state index contributed by atoms with van der Waals surface area (Å²) < 4.78 is 12.1. The van der Waals surface area contributed by atoms with Gasteiger partial charge >= 0.3 is 0 Å². The number of methoxy groups -OCH3 is 2. The molecule has 3 aromatic heterocycles. The number of hydrogen-bond donors (Lipinski definition) is 1. The molecule has 142 valence electrons. The van der Waals surface area contributed by atoms with Gasteiger partial charge in [0.1, 0.15) is 10.6 Å². The van der Waals surface area contributed by atoms with Crippen molar-refractivity contribution in [2.75, 3.05) is 19.5 Å². The Hall–Kier alpha value is -3.53. The van der Waals surface area contributed by atoms with E-state index in [1.165, 1.54) is 17.5 Å². The van der Waals surface area contributed by atoms with Crippen LogP contribution in [0, 0.1) is 6.92 Å². The van der Waals surface area contributed by atoms with Crippen LogP contribution in [0.4, 0.5) is 5.13 Å². The van der Waals surface area contributed by atoms with Crippen LogP contribution in [0.5, 0.6) is 11.5 Å². The molecule has 0 unspecified atom stereocenters. The van der Waals surface area contributed by atoms with Gasteiger partial charge in [-0.1, -0.05) is 11.3 Å². The Morgan fingerprint density at radius 1 is 1.14 bits per heavy atom. The molecular formula is C18H16N6O3S.